The van der Waals surface area contributed by atoms with E-state index in [2.05, 4.69) is 40.5 Å². The molecule has 1 aromatic carbocycles. The van der Waals surface area contributed by atoms with E-state index in [9.17, 15) is 0 Å². The highest BCUT2D eigenvalue weighted by atomic mass is 127. The van der Waals surface area contributed by atoms with Crippen molar-refractivity contribution in [2.24, 2.45) is 4.99 Å². The van der Waals surface area contributed by atoms with Crippen LogP contribution in [-0.2, 0) is 13.0 Å². The molecule has 1 aliphatic heterocycles. The van der Waals surface area contributed by atoms with Crippen LogP contribution in [0.1, 0.15) is 43.7 Å². The van der Waals surface area contributed by atoms with Gasteiger partial charge in [0.15, 0.2) is 17.5 Å². The summed E-state index contributed by atoms with van der Waals surface area (Å²) in [4.78, 5) is 8.87. The maximum atomic E-state index is 6.04. The standard InChI is InChI=1S/C21H30N4O3.HI/c1-6-22-20(24-13-18-25-14(2)15(3)27-18)23-10-11-26-17-9-7-8-16-12-21(4,5)28-19(16)17;/h7-9H,6,10-13H2,1-5H3,(H2,22,23,24);1H. The molecule has 2 heterocycles. The number of aliphatic imine (C=N–C) groups is 1. The van der Waals surface area contributed by atoms with Gasteiger partial charge in [-0.15, -0.1) is 24.0 Å². The van der Waals surface area contributed by atoms with Gasteiger partial charge < -0.3 is 24.5 Å². The lowest BCUT2D eigenvalue weighted by molar-refractivity contribution is 0.132. The number of rotatable bonds is 7. The molecule has 7 nitrogen and oxygen atoms in total. The van der Waals surface area contributed by atoms with Gasteiger partial charge in [-0.2, -0.15) is 0 Å². The van der Waals surface area contributed by atoms with E-state index in [-0.39, 0.29) is 29.6 Å². The predicted octanol–water partition coefficient (Wildman–Crippen LogP) is 3.76. The van der Waals surface area contributed by atoms with E-state index in [4.69, 9.17) is 13.9 Å². The number of nitrogens with zero attached hydrogens (tertiary/aromatic N) is 2. The van der Waals surface area contributed by atoms with Crippen molar-refractivity contribution >= 4 is 29.9 Å². The summed E-state index contributed by atoms with van der Waals surface area (Å²) in [6.07, 6.45) is 0.898. The zero-order valence-corrected chi connectivity index (χ0v) is 20.1. The monoisotopic (exact) mass is 514 g/mol. The lowest BCUT2D eigenvalue weighted by Crippen LogP contribution is -2.39. The van der Waals surface area contributed by atoms with E-state index in [1.807, 2.05) is 32.9 Å². The quantitative estimate of drug-likeness (QED) is 0.254. The van der Waals surface area contributed by atoms with Gasteiger partial charge in [0.25, 0.3) is 0 Å². The summed E-state index contributed by atoms with van der Waals surface area (Å²) < 4.78 is 17.6. The first-order chi connectivity index (χ1) is 13.4. The van der Waals surface area contributed by atoms with E-state index < -0.39 is 0 Å². The summed E-state index contributed by atoms with van der Waals surface area (Å²) in [6, 6.07) is 6.06. The fourth-order valence-corrected chi connectivity index (χ4v) is 3.13. The number of aryl methyl sites for hydroxylation is 2. The van der Waals surface area contributed by atoms with Crippen LogP contribution >= 0.6 is 24.0 Å². The summed E-state index contributed by atoms with van der Waals surface area (Å²) in [6.45, 7) is 12.3. The molecular formula is C21H31IN4O3. The first kappa shape index (κ1) is 23.3. The maximum absolute atomic E-state index is 6.04. The molecule has 0 fully saturated rings. The van der Waals surface area contributed by atoms with Crippen LogP contribution in [0.4, 0.5) is 0 Å². The number of oxazole rings is 1. The lowest BCUT2D eigenvalue weighted by Gasteiger charge is -2.18. The number of benzene rings is 1. The number of hydrogen-bond donors (Lipinski definition) is 2. The fraction of sp³-hybridized carbons (Fsp3) is 0.524. The summed E-state index contributed by atoms with van der Waals surface area (Å²) in [5, 5.41) is 6.48. The van der Waals surface area contributed by atoms with Crippen LogP contribution in [0.15, 0.2) is 27.6 Å². The number of guanidine groups is 1. The summed E-state index contributed by atoms with van der Waals surface area (Å²) in [5.74, 6) is 3.80. The van der Waals surface area contributed by atoms with Crippen LogP contribution < -0.4 is 20.1 Å². The fourth-order valence-electron chi connectivity index (χ4n) is 3.13. The van der Waals surface area contributed by atoms with Crippen molar-refractivity contribution in [3.63, 3.8) is 0 Å². The van der Waals surface area contributed by atoms with Crippen molar-refractivity contribution < 1.29 is 13.9 Å². The molecule has 8 heteroatoms. The number of para-hydroxylation sites is 1. The summed E-state index contributed by atoms with van der Waals surface area (Å²) in [5.41, 5.74) is 1.92. The van der Waals surface area contributed by atoms with Gasteiger partial charge in [-0.05, 0) is 40.7 Å². The summed E-state index contributed by atoms with van der Waals surface area (Å²) >= 11 is 0. The molecule has 1 aromatic heterocycles. The molecule has 2 N–H and O–H groups in total. The Morgan fingerprint density at radius 2 is 2.07 bits per heavy atom. The molecule has 0 spiro atoms. The van der Waals surface area contributed by atoms with Crippen LogP contribution in [0.25, 0.3) is 0 Å². The average molecular weight is 514 g/mol. The number of aromatic nitrogens is 1. The molecule has 0 saturated carbocycles. The minimum absolute atomic E-state index is 0. The first-order valence-corrected chi connectivity index (χ1v) is 9.77. The molecule has 0 bridgehead atoms. The van der Waals surface area contributed by atoms with Crippen LogP contribution in [0.2, 0.25) is 0 Å². The number of hydrogen-bond acceptors (Lipinski definition) is 5. The van der Waals surface area contributed by atoms with Crippen molar-refractivity contribution in [1.82, 2.24) is 15.6 Å². The van der Waals surface area contributed by atoms with E-state index in [1.165, 1.54) is 5.56 Å². The van der Waals surface area contributed by atoms with Gasteiger partial charge in [0.1, 0.15) is 24.5 Å². The molecule has 0 atom stereocenters. The third-order valence-corrected chi connectivity index (χ3v) is 4.50. The second-order valence-corrected chi connectivity index (χ2v) is 7.50. The minimum atomic E-state index is -0.179. The lowest BCUT2D eigenvalue weighted by atomic mass is 10.0. The first-order valence-electron chi connectivity index (χ1n) is 9.77. The Bertz CT molecular complexity index is 829. The van der Waals surface area contributed by atoms with Gasteiger partial charge in [-0.25, -0.2) is 9.98 Å². The number of fused-ring (bicyclic) bond motifs is 1. The highest BCUT2D eigenvalue weighted by Crippen LogP contribution is 2.41. The smallest absolute Gasteiger partial charge is 0.216 e. The van der Waals surface area contributed by atoms with E-state index >= 15 is 0 Å². The molecule has 0 saturated heterocycles. The average Bonchev–Trinajstić information content (AvgIpc) is 3.13. The molecule has 0 aliphatic carbocycles. The molecule has 160 valence electrons. The van der Waals surface area contributed by atoms with Gasteiger partial charge in [0.05, 0.1) is 12.2 Å². The van der Waals surface area contributed by atoms with Gasteiger partial charge in [0.2, 0.25) is 5.89 Å². The van der Waals surface area contributed by atoms with Gasteiger partial charge in [-0.1, -0.05) is 12.1 Å². The highest BCUT2D eigenvalue weighted by Gasteiger charge is 2.32. The number of halogens is 1. The Balaban J connectivity index is 0.00000300. The Kier molecular flexibility index (Phi) is 8.18. The van der Waals surface area contributed by atoms with E-state index in [0.29, 0.717) is 31.5 Å². The highest BCUT2D eigenvalue weighted by molar-refractivity contribution is 14.0. The van der Waals surface area contributed by atoms with Crippen LogP contribution in [-0.4, -0.2) is 36.2 Å². The van der Waals surface area contributed by atoms with Crippen molar-refractivity contribution in [2.45, 2.75) is 53.2 Å². The molecule has 0 unspecified atom stereocenters. The van der Waals surface area contributed by atoms with E-state index in [1.54, 1.807) is 0 Å². The Morgan fingerprint density at radius 1 is 1.28 bits per heavy atom. The third kappa shape index (κ3) is 6.25. The van der Waals surface area contributed by atoms with Crippen LogP contribution in [0.3, 0.4) is 0 Å². The Labute approximate surface area is 189 Å². The molecule has 0 amide bonds. The number of ether oxygens (including phenoxy) is 2. The minimum Gasteiger partial charge on any atom is -0.488 e. The van der Waals surface area contributed by atoms with Crippen molar-refractivity contribution in [2.75, 3.05) is 19.7 Å². The Hall–Kier alpha value is -1.97. The number of nitrogens with one attached hydrogen (secondary N) is 2. The van der Waals surface area contributed by atoms with Crippen molar-refractivity contribution in [3.8, 4) is 11.5 Å². The van der Waals surface area contributed by atoms with Crippen molar-refractivity contribution in [1.29, 1.82) is 0 Å². The molecule has 1 aliphatic rings. The zero-order chi connectivity index (χ0) is 20.1. The molecule has 0 radical (unpaired) electrons. The summed E-state index contributed by atoms with van der Waals surface area (Å²) in [7, 11) is 0. The molecule has 29 heavy (non-hydrogen) atoms. The zero-order valence-electron chi connectivity index (χ0n) is 17.8. The van der Waals surface area contributed by atoms with Gasteiger partial charge >= 0.3 is 0 Å². The van der Waals surface area contributed by atoms with Gasteiger partial charge in [0, 0.05) is 18.5 Å². The van der Waals surface area contributed by atoms with Crippen molar-refractivity contribution in [3.05, 3.63) is 41.1 Å². The van der Waals surface area contributed by atoms with Gasteiger partial charge in [-0.3, -0.25) is 0 Å². The largest absolute Gasteiger partial charge is 0.488 e. The topological polar surface area (TPSA) is 80.9 Å². The second kappa shape index (κ2) is 10.2. The molecule has 3 rings (SSSR count). The van der Waals surface area contributed by atoms with Crippen LogP contribution in [0, 0.1) is 13.8 Å². The SMILES string of the molecule is CCNC(=NCc1nc(C)c(C)o1)NCCOc1cccc2c1OC(C)(C)C2.I. The third-order valence-electron chi connectivity index (χ3n) is 4.50. The van der Waals surface area contributed by atoms with E-state index in [0.717, 1.165) is 35.9 Å². The molecular weight excluding hydrogens is 483 g/mol. The Morgan fingerprint density at radius 3 is 2.76 bits per heavy atom. The second-order valence-electron chi connectivity index (χ2n) is 7.50. The molecule has 2 aromatic rings. The normalized spacial score (nSPS) is 14.6. The predicted molar refractivity (Wildman–Crippen MR) is 125 cm³/mol. The maximum Gasteiger partial charge on any atom is 0.216 e. The van der Waals surface area contributed by atoms with Crippen LogP contribution in [0.5, 0.6) is 11.5 Å².